The van der Waals surface area contributed by atoms with Crippen molar-refractivity contribution in [3.63, 3.8) is 0 Å². The number of nitrogens with one attached hydrogen (secondary N) is 1. The van der Waals surface area contributed by atoms with Crippen molar-refractivity contribution in [2.45, 2.75) is 38.8 Å². The molecule has 4 atom stereocenters. The van der Waals surface area contributed by atoms with Crippen molar-refractivity contribution in [2.75, 3.05) is 5.32 Å². The van der Waals surface area contributed by atoms with Gasteiger partial charge in [-0.15, -0.1) is 0 Å². The van der Waals surface area contributed by atoms with E-state index in [0.29, 0.717) is 10.6 Å². The van der Waals surface area contributed by atoms with Crippen LogP contribution in [-0.2, 0) is 9.59 Å². The van der Waals surface area contributed by atoms with Crippen LogP contribution in [0.4, 0.5) is 23.2 Å². The number of halogens is 5. The van der Waals surface area contributed by atoms with Crippen LogP contribution in [0.3, 0.4) is 0 Å². The molecule has 1 amide bonds. The van der Waals surface area contributed by atoms with Gasteiger partial charge in [-0.3, -0.25) is 9.59 Å². The summed E-state index contributed by atoms with van der Waals surface area (Å²) in [6.45, 7) is 3.98. The predicted molar refractivity (Wildman–Crippen MR) is 110 cm³/mol. The van der Waals surface area contributed by atoms with Crippen LogP contribution >= 0.6 is 11.6 Å². The summed E-state index contributed by atoms with van der Waals surface area (Å²) < 4.78 is 54.7. The van der Waals surface area contributed by atoms with Gasteiger partial charge in [0.1, 0.15) is 5.82 Å². The van der Waals surface area contributed by atoms with Gasteiger partial charge in [0.25, 0.3) is 0 Å². The van der Waals surface area contributed by atoms with Crippen LogP contribution in [0.2, 0.25) is 5.02 Å². The summed E-state index contributed by atoms with van der Waals surface area (Å²) in [5.74, 6) is -7.94. The van der Waals surface area contributed by atoms with E-state index in [2.05, 4.69) is 5.32 Å². The second kappa shape index (κ2) is 9.68. The zero-order valence-corrected chi connectivity index (χ0v) is 17.8. The minimum absolute atomic E-state index is 0.0798. The normalized spacial score (nSPS) is 15.6. The lowest BCUT2D eigenvalue weighted by atomic mass is 9.85. The first kappa shape index (κ1) is 24.7. The third-order valence-electron chi connectivity index (χ3n) is 5.44. The van der Waals surface area contributed by atoms with Crippen LogP contribution in [0, 0.1) is 17.7 Å². The molecule has 0 radical (unpaired) electrons. The summed E-state index contributed by atoms with van der Waals surface area (Å²) in [7, 11) is 0. The second-order valence-corrected chi connectivity index (χ2v) is 7.94. The van der Waals surface area contributed by atoms with Gasteiger partial charge in [0.2, 0.25) is 5.91 Å². The van der Waals surface area contributed by atoms with E-state index in [1.807, 2.05) is 0 Å². The zero-order chi connectivity index (χ0) is 23.5. The van der Waals surface area contributed by atoms with Crippen molar-refractivity contribution in [3.8, 4) is 0 Å². The first-order valence-corrected chi connectivity index (χ1v) is 9.86. The van der Waals surface area contributed by atoms with Gasteiger partial charge in [0.05, 0.1) is 23.4 Å². The summed E-state index contributed by atoms with van der Waals surface area (Å²) in [6, 6.07) is 9.04. The molecule has 0 aliphatic carbocycles. The molecule has 2 aromatic carbocycles. The summed E-state index contributed by atoms with van der Waals surface area (Å²) in [5, 5.41) is 11.7. The van der Waals surface area contributed by atoms with E-state index >= 15 is 0 Å². The Bertz CT molecular complexity index is 947. The van der Waals surface area contributed by atoms with Crippen LogP contribution in [-0.4, -0.2) is 23.2 Å². The Hall–Kier alpha value is -2.61. The summed E-state index contributed by atoms with van der Waals surface area (Å²) >= 11 is 5.80. The number of hydrogen-bond donors (Lipinski definition) is 2. The van der Waals surface area contributed by atoms with Gasteiger partial charge in [-0.2, -0.15) is 13.2 Å². The van der Waals surface area contributed by atoms with Crippen molar-refractivity contribution >= 4 is 29.2 Å². The van der Waals surface area contributed by atoms with E-state index in [1.54, 1.807) is 6.92 Å². The number of rotatable bonds is 7. The highest BCUT2D eigenvalue weighted by Gasteiger charge is 2.45. The first-order valence-electron chi connectivity index (χ1n) is 9.48. The molecule has 0 bridgehead atoms. The number of aliphatic carboxylic acids is 1. The fourth-order valence-corrected chi connectivity index (χ4v) is 3.29. The highest BCUT2D eigenvalue weighted by molar-refractivity contribution is 6.30. The molecule has 2 N–H and O–H groups in total. The Labute approximate surface area is 182 Å². The van der Waals surface area contributed by atoms with Gasteiger partial charge in [0.15, 0.2) is 0 Å². The van der Waals surface area contributed by atoms with Crippen molar-refractivity contribution < 1.29 is 32.3 Å². The molecule has 0 heterocycles. The van der Waals surface area contributed by atoms with Crippen LogP contribution in [0.1, 0.15) is 43.7 Å². The Kier molecular flexibility index (Phi) is 7.70. The van der Waals surface area contributed by atoms with Crippen LogP contribution in [0.15, 0.2) is 42.5 Å². The highest BCUT2D eigenvalue weighted by atomic mass is 35.5. The number of carbonyl (C=O) groups is 2. The molecule has 31 heavy (non-hydrogen) atoms. The maximum Gasteiger partial charge on any atom is 0.392 e. The topological polar surface area (TPSA) is 66.4 Å². The number of amides is 1. The lowest BCUT2D eigenvalue weighted by Crippen LogP contribution is -2.34. The maximum absolute atomic E-state index is 14.3. The molecule has 0 aliphatic rings. The molecule has 0 fully saturated rings. The molecular weight excluding hydrogens is 438 g/mol. The average Bonchev–Trinajstić information content (AvgIpc) is 2.69. The van der Waals surface area contributed by atoms with Crippen LogP contribution < -0.4 is 5.32 Å². The second-order valence-electron chi connectivity index (χ2n) is 7.50. The van der Waals surface area contributed by atoms with Crippen LogP contribution in [0.5, 0.6) is 0 Å². The number of carboxylic acids is 1. The van der Waals surface area contributed by atoms with Crippen molar-refractivity contribution in [1.29, 1.82) is 0 Å². The minimum Gasteiger partial charge on any atom is -0.481 e. The Morgan fingerprint density at radius 3 is 2.06 bits per heavy atom. The van der Waals surface area contributed by atoms with Gasteiger partial charge in [-0.25, -0.2) is 4.39 Å². The van der Waals surface area contributed by atoms with E-state index in [-0.39, 0.29) is 11.3 Å². The SMILES string of the molecule is CC(C(=O)O)C(C)c1ccc(F)c(NC(=O)C(c2ccc(Cl)cc2)C(C)C(F)(F)F)c1. The van der Waals surface area contributed by atoms with E-state index in [0.717, 1.165) is 13.0 Å². The molecule has 2 aromatic rings. The zero-order valence-electron chi connectivity index (χ0n) is 17.0. The first-order chi connectivity index (χ1) is 14.3. The quantitative estimate of drug-likeness (QED) is 0.483. The fraction of sp³-hybridized carbons (Fsp3) is 0.364. The van der Waals surface area contributed by atoms with E-state index in [9.17, 15) is 32.3 Å². The molecule has 0 spiro atoms. The molecule has 168 valence electrons. The Balaban J connectivity index is 2.40. The molecule has 4 unspecified atom stereocenters. The van der Waals surface area contributed by atoms with Gasteiger partial charge in [0, 0.05) is 5.02 Å². The average molecular weight is 460 g/mol. The smallest absolute Gasteiger partial charge is 0.392 e. The molecule has 0 saturated heterocycles. The van der Waals surface area contributed by atoms with Gasteiger partial charge in [-0.1, -0.05) is 50.6 Å². The minimum atomic E-state index is -4.67. The monoisotopic (exact) mass is 459 g/mol. The van der Waals surface area contributed by atoms with Gasteiger partial charge < -0.3 is 10.4 Å². The molecule has 0 saturated carbocycles. The summed E-state index contributed by atoms with van der Waals surface area (Å²) in [4.78, 5) is 24.1. The number of benzene rings is 2. The molecule has 9 heteroatoms. The summed E-state index contributed by atoms with van der Waals surface area (Å²) in [5.41, 5.74) is 0.190. The lowest BCUT2D eigenvalue weighted by Gasteiger charge is -2.26. The standard InChI is InChI=1S/C22H22ClF4NO3/c1-11(12(2)21(30)31)15-6-9-17(24)18(10-15)28-20(29)19(13(3)22(25,26)27)14-4-7-16(23)8-5-14/h4-13,19H,1-3H3,(H,28,29)(H,30,31). The van der Waals surface area contributed by atoms with E-state index in [4.69, 9.17) is 11.6 Å². The Morgan fingerprint density at radius 1 is 1.00 bits per heavy atom. The van der Waals surface area contributed by atoms with Gasteiger partial charge in [-0.05, 0) is 41.3 Å². The largest absolute Gasteiger partial charge is 0.481 e. The van der Waals surface area contributed by atoms with Crippen molar-refractivity contribution in [1.82, 2.24) is 0 Å². The number of anilines is 1. The maximum atomic E-state index is 14.3. The molecular formula is C22H22ClF4NO3. The number of hydrogen-bond acceptors (Lipinski definition) is 2. The molecule has 0 aromatic heterocycles. The van der Waals surface area contributed by atoms with Crippen molar-refractivity contribution in [3.05, 3.63) is 64.4 Å². The predicted octanol–water partition coefficient (Wildman–Crippen LogP) is 6.22. The van der Waals surface area contributed by atoms with E-state index < -0.39 is 47.5 Å². The number of carbonyl (C=O) groups excluding carboxylic acids is 1. The Morgan fingerprint density at radius 2 is 1.55 bits per heavy atom. The lowest BCUT2D eigenvalue weighted by molar-refractivity contribution is -0.178. The summed E-state index contributed by atoms with van der Waals surface area (Å²) in [6.07, 6.45) is -4.67. The van der Waals surface area contributed by atoms with Crippen LogP contribution in [0.25, 0.3) is 0 Å². The fourth-order valence-electron chi connectivity index (χ4n) is 3.16. The number of alkyl halides is 3. The highest BCUT2D eigenvalue weighted by Crippen LogP contribution is 2.39. The van der Waals surface area contributed by atoms with Gasteiger partial charge >= 0.3 is 12.1 Å². The molecule has 4 nitrogen and oxygen atoms in total. The third kappa shape index (κ3) is 5.97. The molecule has 2 rings (SSSR count). The van der Waals surface area contributed by atoms with E-state index in [1.165, 1.54) is 43.3 Å². The van der Waals surface area contributed by atoms with Crippen molar-refractivity contribution in [2.24, 2.45) is 11.8 Å². The number of carboxylic acid groups (broad SMARTS) is 1. The molecule has 0 aliphatic heterocycles. The third-order valence-corrected chi connectivity index (χ3v) is 5.69.